The Morgan fingerprint density at radius 2 is 1.94 bits per heavy atom. The second-order valence-electron chi connectivity index (χ2n) is 4.50. The highest BCUT2D eigenvalue weighted by molar-refractivity contribution is 9.10. The van der Waals surface area contributed by atoms with Crippen LogP contribution in [0.1, 0.15) is 30.7 Å². The van der Waals surface area contributed by atoms with Crippen LogP contribution in [-0.2, 0) is 6.42 Å². The second-order valence-corrected chi connectivity index (χ2v) is 5.36. The lowest BCUT2D eigenvalue weighted by Gasteiger charge is -2.16. The van der Waals surface area contributed by atoms with Crippen molar-refractivity contribution in [3.63, 3.8) is 0 Å². The van der Waals surface area contributed by atoms with Gasteiger partial charge in [0.15, 0.2) is 0 Å². The van der Waals surface area contributed by atoms with Crippen molar-refractivity contribution >= 4 is 32.5 Å². The number of rotatable bonds is 3. The third-order valence-electron chi connectivity index (χ3n) is 3.36. The number of halogens is 1. The molecule has 0 atom stereocenters. The molecule has 0 unspecified atom stereocenters. The van der Waals surface area contributed by atoms with Crippen molar-refractivity contribution in [1.29, 1.82) is 0 Å². The summed E-state index contributed by atoms with van der Waals surface area (Å²) in [7, 11) is 0. The summed E-state index contributed by atoms with van der Waals surface area (Å²) < 4.78 is 1.12. The van der Waals surface area contributed by atoms with Gasteiger partial charge >= 0.3 is 0 Å². The molecule has 0 saturated heterocycles. The first-order chi connectivity index (χ1) is 8.60. The van der Waals surface area contributed by atoms with Crippen LogP contribution in [0.25, 0.3) is 10.9 Å². The molecule has 0 saturated carbocycles. The van der Waals surface area contributed by atoms with Gasteiger partial charge in [-0.15, -0.1) is 0 Å². The predicted octanol–water partition coefficient (Wildman–Crippen LogP) is 4.61. The predicted molar refractivity (Wildman–Crippen MR) is 82.5 cm³/mol. The lowest BCUT2D eigenvalue weighted by Crippen LogP contribution is -2.05. The largest absolute Gasteiger partial charge is 0.384 e. The van der Waals surface area contributed by atoms with Crippen LogP contribution < -0.4 is 5.32 Å². The smallest absolute Gasteiger partial charge is 0.0766 e. The van der Waals surface area contributed by atoms with Gasteiger partial charge in [-0.2, -0.15) is 0 Å². The number of nitrogens with zero attached hydrogens (tertiary/aromatic N) is 1. The van der Waals surface area contributed by atoms with Crippen LogP contribution in [0.2, 0.25) is 0 Å². The van der Waals surface area contributed by atoms with Crippen molar-refractivity contribution in [3.05, 3.63) is 33.4 Å². The van der Waals surface area contributed by atoms with Crippen LogP contribution in [0.5, 0.6) is 0 Å². The highest BCUT2D eigenvalue weighted by atomic mass is 79.9. The highest BCUT2D eigenvalue weighted by Gasteiger charge is 2.13. The van der Waals surface area contributed by atoms with Gasteiger partial charge in [-0.1, -0.05) is 22.9 Å². The van der Waals surface area contributed by atoms with Crippen molar-refractivity contribution in [2.24, 2.45) is 0 Å². The molecular formula is C15H19BrN2. The van der Waals surface area contributed by atoms with E-state index in [1.165, 1.54) is 22.2 Å². The maximum atomic E-state index is 4.78. The minimum absolute atomic E-state index is 0.931. The summed E-state index contributed by atoms with van der Waals surface area (Å²) in [6, 6.07) is 4.25. The number of fused-ring (bicyclic) bond motifs is 1. The third kappa shape index (κ3) is 2.12. The lowest BCUT2D eigenvalue weighted by atomic mass is 10.0. The van der Waals surface area contributed by atoms with E-state index in [9.17, 15) is 0 Å². The fourth-order valence-corrected chi connectivity index (χ4v) is 2.73. The van der Waals surface area contributed by atoms with E-state index in [1.54, 1.807) is 0 Å². The van der Waals surface area contributed by atoms with Gasteiger partial charge in [-0.3, -0.25) is 4.98 Å². The zero-order valence-corrected chi connectivity index (χ0v) is 13.0. The first kappa shape index (κ1) is 13.3. The van der Waals surface area contributed by atoms with Gasteiger partial charge in [-0.05, 0) is 50.5 Å². The Kier molecular flexibility index (Phi) is 3.91. The number of pyridine rings is 1. The minimum Gasteiger partial charge on any atom is -0.384 e. The van der Waals surface area contributed by atoms with Crippen molar-refractivity contribution < 1.29 is 0 Å². The normalized spacial score (nSPS) is 10.9. The van der Waals surface area contributed by atoms with Crippen molar-refractivity contribution in [1.82, 2.24) is 4.98 Å². The average molecular weight is 307 g/mol. The number of nitrogens with one attached hydrogen (secondary N) is 1. The minimum atomic E-state index is 0.931. The van der Waals surface area contributed by atoms with Crippen LogP contribution >= 0.6 is 15.9 Å². The molecule has 3 heteroatoms. The molecule has 0 amide bonds. The van der Waals surface area contributed by atoms with Crippen LogP contribution in [0.4, 0.5) is 5.69 Å². The summed E-state index contributed by atoms with van der Waals surface area (Å²) in [5, 5.41) is 4.72. The molecule has 2 aromatic rings. The zero-order valence-electron chi connectivity index (χ0n) is 11.4. The van der Waals surface area contributed by atoms with E-state index in [-0.39, 0.29) is 0 Å². The topological polar surface area (TPSA) is 24.9 Å². The molecule has 1 aromatic carbocycles. The number of anilines is 1. The molecule has 2 rings (SSSR count). The van der Waals surface area contributed by atoms with E-state index in [0.29, 0.717) is 0 Å². The molecule has 0 aliphatic heterocycles. The molecule has 0 aliphatic carbocycles. The van der Waals surface area contributed by atoms with Crippen LogP contribution in [-0.4, -0.2) is 11.5 Å². The molecule has 2 nitrogen and oxygen atoms in total. The SMILES string of the molecule is CCNc1c(CC)c(C)nc2c(C)c(Br)ccc12. The summed E-state index contributed by atoms with van der Waals surface area (Å²) in [5.74, 6) is 0. The molecule has 1 N–H and O–H groups in total. The molecule has 1 aromatic heterocycles. The Bertz CT molecular complexity index is 591. The Balaban J connectivity index is 2.86. The van der Waals surface area contributed by atoms with E-state index < -0.39 is 0 Å². The van der Waals surface area contributed by atoms with Crippen LogP contribution in [0.3, 0.4) is 0 Å². The maximum absolute atomic E-state index is 4.78. The molecule has 0 spiro atoms. The molecular weight excluding hydrogens is 288 g/mol. The summed E-state index contributed by atoms with van der Waals surface area (Å²) >= 11 is 3.58. The van der Waals surface area contributed by atoms with Crippen LogP contribution in [0.15, 0.2) is 16.6 Å². The summed E-state index contributed by atoms with van der Waals surface area (Å²) in [6.45, 7) is 9.45. The number of aromatic nitrogens is 1. The van der Waals surface area contributed by atoms with Crippen LogP contribution in [0, 0.1) is 13.8 Å². The highest BCUT2D eigenvalue weighted by Crippen LogP contribution is 2.33. The number of benzene rings is 1. The van der Waals surface area contributed by atoms with E-state index in [0.717, 1.165) is 28.6 Å². The quantitative estimate of drug-likeness (QED) is 0.896. The summed E-state index contributed by atoms with van der Waals surface area (Å²) in [5.41, 5.74) is 6.00. The van der Waals surface area contributed by atoms with Crippen molar-refractivity contribution in [2.45, 2.75) is 34.1 Å². The van der Waals surface area contributed by atoms with Gasteiger partial charge in [0.05, 0.1) is 5.52 Å². The Morgan fingerprint density at radius 1 is 1.22 bits per heavy atom. The van der Waals surface area contributed by atoms with Gasteiger partial charge in [0, 0.05) is 27.8 Å². The first-order valence-corrected chi connectivity index (χ1v) is 7.21. The monoisotopic (exact) mass is 306 g/mol. The fraction of sp³-hybridized carbons (Fsp3) is 0.400. The van der Waals surface area contributed by atoms with Crippen molar-refractivity contribution in [2.75, 3.05) is 11.9 Å². The molecule has 0 aliphatic rings. The van der Waals surface area contributed by atoms with Gasteiger partial charge in [0.1, 0.15) is 0 Å². The van der Waals surface area contributed by atoms with E-state index in [1.807, 2.05) is 0 Å². The maximum Gasteiger partial charge on any atom is 0.0766 e. The van der Waals surface area contributed by atoms with E-state index in [4.69, 9.17) is 4.98 Å². The summed E-state index contributed by atoms with van der Waals surface area (Å²) in [6.07, 6.45) is 1.01. The fourth-order valence-electron chi connectivity index (χ4n) is 2.41. The average Bonchev–Trinajstić information content (AvgIpc) is 2.35. The molecule has 0 fully saturated rings. The standard InChI is InChI=1S/C15H19BrN2/c1-5-11-10(4)18-14-9(3)13(16)8-7-12(14)15(11)17-6-2/h7-8H,5-6H2,1-4H3,(H,17,18). The summed E-state index contributed by atoms with van der Waals surface area (Å²) in [4.78, 5) is 4.78. The second kappa shape index (κ2) is 5.27. The van der Waals surface area contributed by atoms with Crippen molar-refractivity contribution in [3.8, 4) is 0 Å². The molecule has 18 heavy (non-hydrogen) atoms. The number of aryl methyl sites for hydroxylation is 2. The molecule has 1 heterocycles. The number of hydrogen-bond donors (Lipinski definition) is 1. The van der Waals surface area contributed by atoms with E-state index >= 15 is 0 Å². The Labute approximate surface area is 117 Å². The zero-order chi connectivity index (χ0) is 13.3. The van der Waals surface area contributed by atoms with Gasteiger partial charge in [-0.25, -0.2) is 0 Å². The van der Waals surface area contributed by atoms with Gasteiger partial charge in [0.2, 0.25) is 0 Å². The van der Waals surface area contributed by atoms with Gasteiger partial charge in [0.25, 0.3) is 0 Å². The molecule has 0 bridgehead atoms. The molecule has 96 valence electrons. The number of hydrogen-bond acceptors (Lipinski definition) is 2. The third-order valence-corrected chi connectivity index (χ3v) is 4.22. The Morgan fingerprint density at radius 3 is 2.56 bits per heavy atom. The Hall–Kier alpha value is -1.09. The van der Waals surface area contributed by atoms with E-state index in [2.05, 4.69) is 61.1 Å². The lowest BCUT2D eigenvalue weighted by molar-refractivity contribution is 1.05. The molecule has 0 radical (unpaired) electrons. The first-order valence-electron chi connectivity index (χ1n) is 6.42. The van der Waals surface area contributed by atoms with Gasteiger partial charge < -0.3 is 5.32 Å².